The van der Waals surface area contributed by atoms with Gasteiger partial charge in [0.05, 0.1) is 6.54 Å². The number of likely N-dealkylation sites (N-methyl/N-ethyl adjacent to an activating group) is 1. The number of nitrogens with one attached hydrogen (secondary N) is 1. The second-order valence-corrected chi connectivity index (χ2v) is 7.38. The van der Waals surface area contributed by atoms with Crippen LogP contribution < -0.4 is 10.2 Å². The maximum absolute atomic E-state index is 12.3. The van der Waals surface area contributed by atoms with Gasteiger partial charge in [0.25, 0.3) is 0 Å². The van der Waals surface area contributed by atoms with Crippen molar-refractivity contribution in [2.24, 2.45) is 0 Å². The average molecular weight is 340 g/mol. The fraction of sp³-hybridized carbons (Fsp3) is 0.500. The van der Waals surface area contributed by atoms with Gasteiger partial charge in [-0.1, -0.05) is 0 Å². The van der Waals surface area contributed by atoms with E-state index in [2.05, 4.69) is 25.3 Å². The summed E-state index contributed by atoms with van der Waals surface area (Å²) in [4.78, 5) is 32.0. The third kappa shape index (κ3) is 4.10. The number of fused-ring (bicyclic) bond motifs is 1. The molecule has 0 aliphatic heterocycles. The molecule has 0 fully saturated rings. The van der Waals surface area contributed by atoms with E-state index in [1.165, 1.54) is 0 Å². The molecule has 1 amide bonds. The van der Waals surface area contributed by atoms with Crippen molar-refractivity contribution < 1.29 is 4.79 Å². The van der Waals surface area contributed by atoms with Crippen molar-refractivity contribution >= 4 is 11.7 Å². The summed E-state index contributed by atoms with van der Waals surface area (Å²) in [6.45, 7) is 6.16. The molecule has 0 unspecified atom stereocenters. The fourth-order valence-corrected chi connectivity index (χ4v) is 2.99. The van der Waals surface area contributed by atoms with Crippen LogP contribution in [0.4, 0.5) is 5.82 Å². The number of anilines is 1. The Labute approximate surface area is 147 Å². The lowest BCUT2D eigenvalue weighted by molar-refractivity contribution is -0.121. The standard InChI is InChI=1S/C18H24N6O/c1-18(2,3)23-14(25)11-24(4)17-12-7-5-8-13(12)21-16(22-17)15-19-9-6-10-20-15/h6,9-10H,5,7-8,11H2,1-4H3,(H,23,25). The minimum Gasteiger partial charge on any atom is -0.350 e. The van der Waals surface area contributed by atoms with Crippen molar-refractivity contribution in [2.75, 3.05) is 18.5 Å². The van der Waals surface area contributed by atoms with E-state index in [4.69, 9.17) is 0 Å². The smallest absolute Gasteiger partial charge is 0.239 e. The number of carbonyl (C=O) groups is 1. The third-order valence-electron chi connectivity index (χ3n) is 3.93. The molecular weight excluding hydrogens is 316 g/mol. The van der Waals surface area contributed by atoms with Gasteiger partial charge in [0.1, 0.15) is 5.82 Å². The number of hydrogen-bond donors (Lipinski definition) is 1. The molecule has 3 rings (SSSR count). The van der Waals surface area contributed by atoms with E-state index in [1.807, 2.05) is 32.7 Å². The minimum atomic E-state index is -0.255. The number of aryl methyl sites for hydroxylation is 1. The fourth-order valence-electron chi connectivity index (χ4n) is 2.99. The lowest BCUT2D eigenvalue weighted by atomic mass is 10.1. The lowest BCUT2D eigenvalue weighted by Gasteiger charge is -2.25. The first-order valence-electron chi connectivity index (χ1n) is 8.53. The molecule has 0 atom stereocenters. The van der Waals surface area contributed by atoms with Crippen molar-refractivity contribution in [3.05, 3.63) is 29.7 Å². The van der Waals surface area contributed by atoms with E-state index < -0.39 is 0 Å². The summed E-state index contributed by atoms with van der Waals surface area (Å²) in [5.74, 6) is 1.79. The number of carbonyl (C=O) groups excluding carboxylic acids is 1. The summed E-state index contributed by atoms with van der Waals surface area (Å²) in [6.07, 6.45) is 6.27. The summed E-state index contributed by atoms with van der Waals surface area (Å²) >= 11 is 0. The summed E-state index contributed by atoms with van der Waals surface area (Å²) in [7, 11) is 1.89. The van der Waals surface area contributed by atoms with Gasteiger partial charge < -0.3 is 10.2 Å². The van der Waals surface area contributed by atoms with Crippen LogP contribution in [-0.2, 0) is 17.6 Å². The molecule has 0 aromatic carbocycles. The van der Waals surface area contributed by atoms with E-state index >= 15 is 0 Å². The van der Waals surface area contributed by atoms with Gasteiger partial charge in [-0.15, -0.1) is 0 Å². The van der Waals surface area contributed by atoms with Crippen LogP contribution in [0.2, 0.25) is 0 Å². The molecular formula is C18H24N6O. The Bertz CT molecular complexity index is 769. The molecule has 1 aliphatic carbocycles. The SMILES string of the molecule is CN(CC(=O)NC(C)(C)C)c1nc(-c2ncccn2)nc2c1CCC2. The molecule has 1 N–H and O–H groups in total. The first kappa shape index (κ1) is 17.3. The van der Waals surface area contributed by atoms with Crippen LogP contribution in [0.15, 0.2) is 18.5 Å². The number of aromatic nitrogens is 4. The number of nitrogens with zero attached hydrogens (tertiary/aromatic N) is 5. The first-order chi connectivity index (χ1) is 11.8. The van der Waals surface area contributed by atoms with E-state index in [9.17, 15) is 4.79 Å². The highest BCUT2D eigenvalue weighted by Gasteiger charge is 2.24. The van der Waals surface area contributed by atoms with Crippen molar-refractivity contribution in [1.29, 1.82) is 0 Å². The van der Waals surface area contributed by atoms with E-state index in [1.54, 1.807) is 18.5 Å². The molecule has 0 spiro atoms. The predicted molar refractivity (Wildman–Crippen MR) is 96.2 cm³/mol. The van der Waals surface area contributed by atoms with Crippen molar-refractivity contribution in [2.45, 2.75) is 45.6 Å². The highest BCUT2D eigenvalue weighted by Crippen LogP contribution is 2.30. The molecule has 7 nitrogen and oxygen atoms in total. The molecule has 2 heterocycles. The van der Waals surface area contributed by atoms with Crippen LogP contribution in [-0.4, -0.2) is 45.0 Å². The quantitative estimate of drug-likeness (QED) is 0.913. The van der Waals surface area contributed by atoms with Crippen LogP contribution in [0.25, 0.3) is 11.6 Å². The summed E-state index contributed by atoms with van der Waals surface area (Å²) in [6, 6.07) is 1.76. The Morgan fingerprint density at radius 1 is 1.16 bits per heavy atom. The van der Waals surface area contributed by atoms with E-state index in [0.717, 1.165) is 36.3 Å². The van der Waals surface area contributed by atoms with Crippen LogP contribution in [0.3, 0.4) is 0 Å². The van der Waals surface area contributed by atoms with Gasteiger partial charge in [-0.3, -0.25) is 4.79 Å². The largest absolute Gasteiger partial charge is 0.350 e. The Hall–Kier alpha value is -2.57. The molecule has 0 bridgehead atoms. The van der Waals surface area contributed by atoms with Gasteiger partial charge in [0, 0.05) is 36.2 Å². The van der Waals surface area contributed by atoms with Crippen molar-refractivity contribution in [3.63, 3.8) is 0 Å². The van der Waals surface area contributed by atoms with Gasteiger partial charge in [0.2, 0.25) is 5.91 Å². The van der Waals surface area contributed by atoms with Crippen LogP contribution in [0, 0.1) is 0 Å². The number of rotatable bonds is 4. The summed E-state index contributed by atoms with van der Waals surface area (Å²) in [5.41, 5.74) is 1.91. The molecule has 0 radical (unpaired) electrons. The topological polar surface area (TPSA) is 83.9 Å². The van der Waals surface area contributed by atoms with E-state index in [0.29, 0.717) is 11.6 Å². The normalized spacial score (nSPS) is 13.4. The highest BCUT2D eigenvalue weighted by atomic mass is 16.2. The number of hydrogen-bond acceptors (Lipinski definition) is 6. The van der Waals surface area contributed by atoms with Crippen LogP contribution >= 0.6 is 0 Å². The average Bonchev–Trinajstić information content (AvgIpc) is 3.01. The molecule has 2 aromatic rings. The Balaban J connectivity index is 1.90. The van der Waals surface area contributed by atoms with Gasteiger partial charge >= 0.3 is 0 Å². The Morgan fingerprint density at radius 2 is 1.88 bits per heavy atom. The molecule has 25 heavy (non-hydrogen) atoms. The second-order valence-electron chi connectivity index (χ2n) is 7.38. The molecule has 132 valence electrons. The van der Waals surface area contributed by atoms with Gasteiger partial charge in [0.15, 0.2) is 11.6 Å². The second kappa shape index (κ2) is 6.74. The maximum atomic E-state index is 12.3. The monoisotopic (exact) mass is 340 g/mol. The summed E-state index contributed by atoms with van der Waals surface area (Å²) in [5, 5.41) is 2.99. The highest BCUT2D eigenvalue weighted by molar-refractivity contribution is 5.82. The molecule has 0 saturated carbocycles. The molecule has 7 heteroatoms. The molecule has 0 saturated heterocycles. The summed E-state index contributed by atoms with van der Waals surface area (Å²) < 4.78 is 0. The molecule has 1 aliphatic rings. The van der Waals surface area contributed by atoms with Gasteiger partial charge in [-0.25, -0.2) is 19.9 Å². The predicted octanol–water partition coefficient (Wildman–Crippen LogP) is 1.77. The minimum absolute atomic E-state index is 0.0297. The molecule has 2 aromatic heterocycles. The number of amides is 1. The van der Waals surface area contributed by atoms with E-state index in [-0.39, 0.29) is 18.0 Å². The maximum Gasteiger partial charge on any atom is 0.239 e. The zero-order valence-corrected chi connectivity index (χ0v) is 15.2. The Morgan fingerprint density at radius 3 is 2.56 bits per heavy atom. The lowest BCUT2D eigenvalue weighted by Crippen LogP contribution is -2.45. The Kier molecular flexibility index (Phi) is 4.65. The van der Waals surface area contributed by atoms with Crippen LogP contribution in [0.1, 0.15) is 38.4 Å². The van der Waals surface area contributed by atoms with Crippen LogP contribution in [0.5, 0.6) is 0 Å². The van der Waals surface area contributed by atoms with Gasteiger partial charge in [-0.05, 0) is 46.1 Å². The van der Waals surface area contributed by atoms with Crippen molar-refractivity contribution in [3.8, 4) is 11.6 Å². The van der Waals surface area contributed by atoms with Gasteiger partial charge in [-0.2, -0.15) is 0 Å². The zero-order valence-electron chi connectivity index (χ0n) is 15.2. The zero-order chi connectivity index (χ0) is 18.0. The van der Waals surface area contributed by atoms with Crippen molar-refractivity contribution in [1.82, 2.24) is 25.3 Å². The third-order valence-corrected chi connectivity index (χ3v) is 3.93. The first-order valence-corrected chi connectivity index (χ1v) is 8.53.